The van der Waals surface area contributed by atoms with Gasteiger partial charge in [-0.3, -0.25) is 0 Å². The Morgan fingerprint density at radius 2 is 2.14 bits per heavy atom. The predicted molar refractivity (Wildman–Crippen MR) is 79.2 cm³/mol. The van der Waals surface area contributed by atoms with Gasteiger partial charge >= 0.3 is 0 Å². The maximum atomic E-state index is 6.30. The minimum atomic E-state index is -0.437. The van der Waals surface area contributed by atoms with Crippen molar-refractivity contribution in [3.63, 3.8) is 0 Å². The number of hydrogen-bond donors (Lipinski definition) is 1. The molecule has 3 rings (SSSR count). The van der Waals surface area contributed by atoms with Crippen molar-refractivity contribution >= 4 is 11.6 Å². The van der Waals surface area contributed by atoms with Crippen molar-refractivity contribution < 1.29 is 9.26 Å². The summed E-state index contributed by atoms with van der Waals surface area (Å²) in [5, 5.41) is 4.68. The minimum Gasteiger partial charge on any atom is -0.483 e. The molecule has 2 aromatic rings. The van der Waals surface area contributed by atoms with Crippen molar-refractivity contribution in [1.82, 2.24) is 10.1 Å². The third-order valence-electron chi connectivity index (χ3n) is 3.98. The van der Waals surface area contributed by atoms with E-state index >= 15 is 0 Å². The van der Waals surface area contributed by atoms with E-state index in [2.05, 4.69) is 10.1 Å². The lowest BCUT2D eigenvalue weighted by molar-refractivity contribution is 0.240. The topological polar surface area (TPSA) is 74.2 Å². The SMILES string of the molecule is Cc1c(Cl)cccc1OCc1nc(C2(N)CCCC2)no1. The molecule has 0 aliphatic heterocycles. The van der Waals surface area contributed by atoms with E-state index in [1.54, 1.807) is 0 Å². The van der Waals surface area contributed by atoms with Crippen LogP contribution in [0.2, 0.25) is 5.02 Å². The Balaban J connectivity index is 1.69. The van der Waals surface area contributed by atoms with Gasteiger partial charge in [0.05, 0.1) is 5.54 Å². The number of rotatable bonds is 4. The number of ether oxygens (including phenoxy) is 1. The standard InChI is InChI=1S/C15H18ClN3O2/c1-10-11(16)5-4-6-12(10)20-9-13-18-14(19-21-13)15(17)7-2-3-8-15/h4-6H,2-3,7-9,17H2,1H3. The second kappa shape index (κ2) is 5.66. The molecule has 0 saturated heterocycles. The van der Waals surface area contributed by atoms with Crippen LogP contribution >= 0.6 is 11.6 Å². The zero-order valence-corrected chi connectivity index (χ0v) is 12.7. The first kappa shape index (κ1) is 14.4. The van der Waals surface area contributed by atoms with Crippen molar-refractivity contribution in [3.05, 3.63) is 40.5 Å². The fourth-order valence-corrected chi connectivity index (χ4v) is 2.79. The molecular weight excluding hydrogens is 290 g/mol. The first-order valence-electron chi connectivity index (χ1n) is 7.08. The molecule has 1 fully saturated rings. The molecule has 1 aliphatic rings. The summed E-state index contributed by atoms with van der Waals surface area (Å²) in [5.74, 6) is 1.73. The molecule has 0 unspecified atom stereocenters. The molecule has 1 heterocycles. The third kappa shape index (κ3) is 2.89. The molecule has 0 radical (unpaired) electrons. The average molecular weight is 308 g/mol. The highest BCUT2D eigenvalue weighted by Crippen LogP contribution is 2.34. The van der Waals surface area contributed by atoms with Gasteiger partial charge in [-0.2, -0.15) is 4.98 Å². The van der Waals surface area contributed by atoms with Gasteiger partial charge in [0.2, 0.25) is 0 Å². The van der Waals surface area contributed by atoms with Crippen LogP contribution in [0.1, 0.15) is 43.0 Å². The van der Waals surface area contributed by atoms with E-state index in [4.69, 9.17) is 26.6 Å². The van der Waals surface area contributed by atoms with E-state index in [1.165, 1.54) is 0 Å². The largest absolute Gasteiger partial charge is 0.483 e. The Morgan fingerprint density at radius 3 is 2.90 bits per heavy atom. The lowest BCUT2D eigenvalue weighted by Crippen LogP contribution is -2.34. The van der Waals surface area contributed by atoms with Crippen LogP contribution in [0.15, 0.2) is 22.7 Å². The zero-order valence-electron chi connectivity index (χ0n) is 11.9. The van der Waals surface area contributed by atoms with Gasteiger partial charge in [-0.05, 0) is 31.9 Å². The van der Waals surface area contributed by atoms with Gasteiger partial charge in [-0.25, -0.2) is 0 Å². The van der Waals surface area contributed by atoms with Crippen molar-refractivity contribution in [2.24, 2.45) is 5.73 Å². The van der Waals surface area contributed by atoms with Gasteiger partial charge < -0.3 is 15.0 Å². The van der Waals surface area contributed by atoms with Gasteiger partial charge in [0.25, 0.3) is 5.89 Å². The van der Waals surface area contributed by atoms with Crippen molar-refractivity contribution in [2.45, 2.75) is 44.8 Å². The number of aromatic nitrogens is 2. The van der Waals surface area contributed by atoms with Crippen LogP contribution in [0.4, 0.5) is 0 Å². The monoisotopic (exact) mass is 307 g/mol. The van der Waals surface area contributed by atoms with Gasteiger partial charge in [0, 0.05) is 10.6 Å². The predicted octanol–water partition coefficient (Wildman–Crippen LogP) is 3.34. The quantitative estimate of drug-likeness (QED) is 0.937. The zero-order chi connectivity index (χ0) is 14.9. The maximum absolute atomic E-state index is 6.30. The van der Waals surface area contributed by atoms with E-state index in [1.807, 2.05) is 25.1 Å². The minimum absolute atomic E-state index is 0.213. The second-order valence-corrected chi connectivity index (χ2v) is 5.93. The molecule has 1 saturated carbocycles. The summed E-state index contributed by atoms with van der Waals surface area (Å²) in [7, 11) is 0. The molecule has 0 bridgehead atoms. The summed E-state index contributed by atoms with van der Waals surface area (Å²) in [4.78, 5) is 4.37. The van der Waals surface area contributed by atoms with E-state index < -0.39 is 5.54 Å². The lowest BCUT2D eigenvalue weighted by Gasteiger charge is -2.17. The highest BCUT2D eigenvalue weighted by Gasteiger charge is 2.35. The fourth-order valence-electron chi connectivity index (χ4n) is 2.63. The molecule has 21 heavy (non-hydrogen) atoms. The van der Waals surface area contributed by atoms with Crippen LogP contribution in [0.25, 0.3) is 0 Å². The fraction of sp³-hybridized carbons (Fsp3) is 0.467. The molecule has 0 spiro atoms. The summed E-state index contributed by atoms with van der Waals surface area (Å²) in [5.41, 5.74) is 6.76. The highest BCUT2D eigenvalue weighted by atomic mass is 35.5. The second-order valence-electron chi connectivity index (χ2n) is 5.53. The van der Waals surface area contributed by atoms with Crippen LogP contribution in [0.5, 0.6) is 5.75 Å². The van der Waals surface area contributed by atoms with Crippen molar-refractivity contribution in [1.29, 1.82) is 0 Å². The van der Waals surface area contributed by atoms with Gasteiger partial charge in [-0.1, -0.05) is 35.7 Å². The molecular formula is C15H18ClN3O2. The molecule has 1 aromatic heterocycles. The number of hydrogen-bond acceptors (Lipinski definition) is 5. The Labute approximate surface area is 128 Å². The van der Waals surface area contributed by atoms with E-state index in [0.717, 1.165) is 31.2 Å². The summed E-state index contributed by atoms with van der Waals surface area (Å²) < 4.78 is 10.9. The molecule has 5 nitrogen and oxygen atoms in total. The van der Waals surface area contributed by atoms with Crippen molar-refractivity contribution in [3.8, 4) is 5.75 Å². The lowest BCUT2D eigenvalue weighted by atomic mass is 9.99. The Hall–Kier alpha value is -1.59. The van der Waals surface area contributed by atoms with Crippen LogP contribution in [-0.2, 0) is 12.1 Å². The Bertz CT molecular complexity index is 636. The van der Waals surface area contributed by atoms with Crippen LogP contribution in [-0.4, -0.2) is 10.1 Å². The summed E-state index contributed by atoms with van der Waals surface area (Å²) in [6.45, 7) is 2.12. The molecule has 1 aliphatic carbocycles. The van der Waals surface area contributed by atoms with E-state index in [-0.39, 0.29) is 6.61 Å². The molecule has 0 amide bonds. The maximum Gasteiger partial charge on any atom is 0.264 e. The van der Waals surface area contributed by atoms with Gasteiger partial charge in [0.15, 0.2) is 12.4 Å². The molecule has 0 atom stereocenters. The summed E-state index contributed by atoms with van der Waals surface area (Å²) >= 11 is 6.06. The number of halogens is 1. The summed E-state index contributed by atoms with van der Waals surface area (Å²) in [6.07, 6.45) is 4.03. The normalized spacial score (nSPS) is 17.1. The third-order valence-corrected chi connectivity index (χ3v) is 4.39. The van der Waals surface area contributed by atoms with Crippen LogP contribution in [0, 0.1) is 6.92 Å². The smallest absolute Gasteiger partial charge is 0.264 e. The number of benzene rings is 1. The number of nitrogens with two attached hydrogens (primary N) is 1. The highest BCUT2D eigenvalue weighted by molar-refractivity contribution is 6.31. The number of nitrogens with zero attached hydrogens (tertiary/aromatic N) is 2. The van der Waals surface area contributed by atoms with E-state index in [0.29, 0.717) is 22.5 Å². The Kier molecular flexibility index (Phi) is 3.87. The average Bonchev–Trinajstić information content (AvgIpc) is 3.10. The molecule has 112 valence electrons. The first-order chi connectivity index (χ1) is 10.1. The van der Waals surface area contributed by atoms with Crippen molar-refractivity contribution in [2.75, 3.05) is 0 Å². The Morgan fingerprint density at radius 1 is 1.38 bits per heavy atom. The van der Waals surface area contributed by atoms with Crippen LogP contribution in [0.3, 0.4) is 0 Å². The molecule has 6 heteroatoms. The van der Waals surface area contributed by atoms with E-state index in [9.17, 15) is 0 Å². The molecule has 2 N–H and O–H groups in total. The van der Waals surface area contributed by atoms with Gasteiger partial charge in [-0.15, -0.1) is 0 Å². The van der Waals surface area contributed by atoms with Crippen LogP contribution < -0.4 is 10.5 Å². The van der Waals surface area contributed by atoms with Gasteiger partial charge in [0.1, 0.15) is 5.75 Å². The first-order valence-corrected chi connectivity index (χ1v) is 7.46. The molecule has 1 aromatic carbocycles. The summed E-state index contributed by atoms with van der Waals surface area (Å²) in [6, 6.07) is 5.53.